The molecule has 0 saturated carbocycles. The van der Waals surface area contributed by atoms with E-state index in [9.17, 15) is 9.50 Å². The van der Waals surface area contributed by atoms with Crippen LogP contribution >= 0.6 is 0 Å². The van der Waals surface area contributed by atoms with E-state index in [1.807, 2.05) is 54.7 Å². The molecule has 3 N–H and O–H groups in total. The van der Waals surface area contributed by atoms with E-state index in [-0.39, 0.29) is 11.9 Å². The molecule has 0 aliphatic carbocycles. The first-order valence-electron chi connectivity index (χ1n) is 8.04. The van der Waals surface area contributed by atoms with Gasteiger partial charge in [-0.25, -0.2) is 4.39 Å². The van der Waals surface area contributed by atoms with Crippen molar-refractivity contribution < 1.29 is 19.2 Å². The maximum atomic E-state index is 13.0. The lowest BCUT2D eigenvalue weighted by Gasteiger charge is -2.17. The number of halogens is 1. The van der Waals surface area contributed by atoms with Crippen LogP contribution in [0.2, 0.25) is 0 Å². The van der Waals surface area contributed by atoms with E-state index in [1.165, 1.54) is 12.1 Å². The van der Waals surface area contributed by atoms with Gasteiger partial charge in [0.2, 0.25) is 0 Å². The molecule has 1 aromatic heterocycles. The highest BCUT2D eigenvalue weighted by atomic mass is 19.1. The summed E-state index contributed by atoms with van der Waals surface area (Å²) >= 11 is 0. The zero-order valence-corrected chi connectivity index (χ0v) is 13.5. The largest absolute Gasteiger partial charge is 0.455 e. The SMILES string of the molecule is C[C@@H]([NH2+]Cc1ccc(-c2ccc(F)cc2)o1)[C@H](O)c1ccccc1. The Morgan fingerprint density at radius 1 is 1.00 bits per heavy atom. The van der Waals surface area contributed by atoms with E-state index in [2.05, 4.69) is 0 Å². The van der Waals surface area contributed by atoms with Gasteiger partial charge in [0.25, 0.3) is 0 Å². The molecular formula is C20H21FNO2+. The molecule has 0 aliphatic heterocycles. The molecule has 0 saturated heterocycles. The van der Waals surface area contributed by atoms with Crippen LogP contribution in [0.3, 0.4) is 0 Å². The minimum absolute atomic E-state index is 0.00627. The molecule has 0 fully saturated rings. The van der Waals surface area contributed by atoms with Crippen LogP contribution in [-0.2, 0) is 6.54 Å². The number of rotatable bonds is 6. The Labute approximate surface area is 140 Å². The van der Waals surface area contributed by atoms with Gasteiger partial charge in [-0.05, 0) is 48.9 Å². The van der Waals surface area contributed by atoms with Crippen LogP contribution in [0.5, 0.6) is 0 Å². The molecule has 24 heavy (non-hydrogen) atoms. The number of aliphatic hydroxyl groups is 1. The van der Waals surface area contributed by atoms with Gasteiger partial charge in [0.05, 0.1) is 0 Å². The second-order valence-corrected chi connectivity index (χ2v) is 5.93. The summed E-state index contributed by atoms with van der Waals surface area (Å²) in [7, 11) is 0. The van der Waals surface area contributed by atoms with E-state index in [1.54, 1.807) is 12.1 Å². The lowest BCUT2D eigenvalue weighted by molar-refractivity contribution is -0.710. The standard InChI is InChI=1S/C20H20FNO2/c1-14(20(23)16-5-3-2-4-6-16)22-13-18-11-12-19(24-18)15-7-9-17(21)10-8-15/h2-12,14,20,22-23H,13H2,1H3/p+1/t14-,20+/m1/s1. The minimum atomic E-state index is -0.530. The number of benzene rings is 2. The van der Waals surface area contributed by atoms with Crippen molar-refractivity contribution in [3.05, 3.63) is 83.9 Å². The fourth-order valence-corrected chi connectivity index (χ4v) is 2.64. The zero-order chi connectivity index (χ0) is 16.9. The van der Waals surface area contributed by atoms with Crippen molar-refractivity contribution in [1.29, 1.82) is 0 Å². The normalized spacial score (nSPS) is 13.6. The highest BCUT2D eigenvalue weighted by molar-refractivity contribution is 5.57. The first kappa shape index (κ1) is 16.4. The molecule has 0 amide bonds. The summed E-state index contributed by atoms with van der Waals surface area (Å²) in [5.74, 6) is 1.28. The molecular weight excluding hydrogens is 305 g/mol. The molecule has 1 heterocycles. The van der Waals surface area contributed by atoms with Crippen LogP contribution in [0, 0.1) is 5.82 Å². The van der Waals surface area contributed by atoms with E-state index in [0.717, 1.165) is 22.6 Å². The molecule has 0 bridgehead atoms. The topological polar surface area (TPSA) is 50.0 Å². The van der Waals surface area contributed by atoms with E-state index in [4.69, 9.17) is 4.42 Å². The molecule has 3 aromatic rings. The quantitative estimate of drug-likeness (QED) is 0.730. The Bertz CT molecular complexity index is 768. The Hall–Kier alpha value is -2.43. The van der Waals surface area contributed by atoms with Crippen molar-refractivity contribution in [3.63, 3.8) is 0 Å². The molecule has 0 spiro atoms. The maximum Gasteiger partial charge on any atom is 0.158 e. The molecule has 3 nitrogen and oxygen atoms in total. The van der Waals surface area contributed by atoms with Gasteiger partial charge in [-0.3, -0.25) is 0 Å². The van der Waals surface area contributed by atoms with Crippen molar-refractivity contribution in [1.82, 2.24) is 0 Å². The minimum Gasteiger partial charge on any atom is -0.455 e. The third-order valence-electron chi connectivity index (χ3n) is 4.12. The van der Waals surface area contributed by atoms with Gasteiger partial charge in [-0.1, -0.05) is 30.3 Å². The first-order chi connectivity index (χ1) is 11.6. The molecule has 4 heteroatoms. The Morgan fingerprint density at radius 2 is 1.71 bits per heavy atom. The summed E-state index contributed by atoms with van der Waals surface area (Å²) in [4.78, 5) is 0. The molecule has 3 rings (SSSR count). The van der Waals surface area contributed by atoms with Gasteiger partial charge >= 0.3 is 0 Å². The summed E-state index contributed by atoms with van der Waals surface area (Å²) in [5, 5.41) is 12.4. The van der Waals surface area contributed by atoms with E-state index >= 15 is 0 Å². The zero-order valence-electron chi connectivity index (χ0n) is 13.5. The molecule has 0 unspecified atom stereocenters. The van der Waals surface area contributed by atoms with Crippen LogP contribution in [0.25, 0.3) is 11.3 Å². The monoisotopic (exact) mass is 326 g/mol. The van der Waals surface area contributed by atoms with Gasteiger partial charge in [-0.2, -0.15) is 0 Å². The lowest BCUT2D eigenvalue weighted by atomic mass is 10.0. The van der Waals surface area contributed by atoms with Crippen molar-refractivity contribution >= 4 is 0 Å². The summed E-state index contributed by atoms with van der Waals surface area (Å²) < 4.78 is 18.8. The van der Waals surface area contributed by atoms with Gasteiger partial charge in [0.1, 0.15) is 30.3 Å². The number of furan rings is 1. The summed E-state index contributed by atoms with van der Waals surface area (Å²) in [6.45, 7) is 2.62. The lowest BCUT2D eigenvalue weighted by Crippen LogP contribution is -2.88. The average Bonchev–Trinajstić information content (AvgIpc) is 3.09. The fourth-order valence-electron chi connectivity index (χ4n) is 2.64. The smallest absolute Gasteiger partial charge is 0.158 e. The number of hydrogen-bond acceptors (Lipinski definition) is 2. The highest BCUT2D eigenvalue weighted by Crippen LogP contribution is 2.22. The van der Waals surface area contributed by atoms with Gasteiger partial charge in [0.15, 0.2) is 5.76 Å². The van der Waals surface area contributed by atoms with Crippen LogP contribution in [0.4, 0.5) is 4.39 Å². The molecule has 0 radical (unpaired) electrons. The number of hydrogen-bond donors (Lipinski definition) is 2. The molecule has 2 aromatic carbocycles. The molecule has 124 valence electrons. The van der Waals surface area contributed by atoms with Crippen LogP contribution < -0.4 is 5.32 Å². The fraction of sp³-hybridized carbons (Fsp3) is 0.200. The summed E-state index contributed by atoms with van der Waals surface area (Å²) in [5.41, 5.74) is 1.76. The van der Waals surface area contributed by atoms with Crippen LogP contribution in [0.15, 0.2) is 71.1 Å². The number of quaternary nitrogens is 1. The molecule has 2 atom stereocenters. The van der Waals surface area contributed by atoms with Crippen molar-refractivity contribution in [2.75, 3.05) is 0 Å². The Kier molecular flexibility index (Phi) is 5.08. The average molecular weight is 326 g/mol. The van der Waals surface area contributed by atoms with E-state index < -0.39 is 6.10 Å². The third-order valence-corrected chi connectivity index (χ3v) is 4.12. The van der Waals surface area contributed by atoms with Gasteiger partial charge in [0, 0.05) is 5.56 Å². The van der Waals surface area contributed by atoms with Crippen molar-refractivity contribution in [2.45, 2.75) is 25.6 Å². The second-order valence-electron chi connectivity index (χ2n) is 5.93. The number of nitrogens with two attached hydrogens (primary N) is 1. The third kappa shape index (κ3) is 3.91. The molecule has 0 aliphatic rings. The van der Waals surface area contributed by atoms with Crippen LogP contribution in [-0.4, -0.2) is 11.1 Å². The Balaban J connectivity index is 1.60. The predicted octanol–water partition coefficient (Wildman–Crippen LogP) is 3.27. The summed E-state index contributed by atoms with van der Waals surface area (Å²) in [6, 6.07) is 19.7. The van der Waals surface area contributed by atoms with E-state index in [0.29, 0.717) is 6.54 Å². The van der Waals surface area contributed by atoms with Crippen molar-refractivity contribution in [3.8, 4) is 11.3 Å². The first-order valence-corrected chi connectivity index (χ1v) is 8.04. The second kappa shape index (κ2) is 7.43. The van der Waals surface area contributed by atoms with Gasteiger partial charge in [-0.15, -0.1) is 0 Å². The summed E-state index contributed by atoms with van der Waals surface area (Å²) in [6.07, 6.45) is -0.530. The maximum absolute atomic E-state index is 13.0. The Morgan fingerprint density at radius 3 is 2.42 bits per heavy atom. The predicted molar refractivity (Wildman–Crippen MR) is 90.6 cm³/mol. The van der Waals surface area contributed by atoms with Crippen molar-refractivity contribution in [2.24, 2.45) is 0 Å². The highest BCUT2D eigenvalue weighted by Gasteiger charge is 2.19. The number of aliphatic hydroxyl groups excluding tert-OH is 1. The van der Waals surface area contributed by atoms with Crippen LogP contribution in [0.1, 0.15) is 24.4 Å². The van der Waals surface area contributed by atoms with Gasteiger partial charge < -0.3 is 14.8 Å².